The first-order chi connectivity index (χ1) is 10.9. The van der Waals surface area contributed by atoms with Crippen molar-refractivity contribution in [2.75, 3.05) is 11.9 Å². The van der Waals surface area contributed by atoms with E-state index in [4.69, 9.17) is 4.74 Å². The summed E-state index contributed by atoms with van der Waals surface area (Å²) in [6, 6.07) is 11.6. The van der Waals surface area contributed by atoms with Crippen molar-refractivity contribution in [3.8, 4) is 5.75 Å². The van der Waals surface area contributed by atoms with Gasteiger partial charge in [-0.05, 0) is 48.4 Å². The maximum absolute atomic E-state index is 12.4. The van der Waals surface area contributed by atoms with Gasteiger partial charge in [0.15, 0.2) is 6.61 Å². The topological polar surface area (TPSA) is 38.3 Å². The van der Waals surface area contributed by atoms with Crippen LogP contribution >= 0.6 is 0 Å². The van der Waals surface area contributed by atoms with Crippen molar-refractivity contribution in [1.82, 2.24) is 0 Å². The van der Waals surface area contributed by atoms with Crippen LogP contribution in [0.15, 0.2) is 48.5 Å². The number of alkyl halides is 3. The zero-order chi connectivity index (χ0) is 16.9. The average molecular weight is 323 g/mol. The highest BCUT2D eigenvalue weighted by Gasteiger charge is 2.29. The Bertz CT molecular complexity index is 649. The normalized spacial score (nSPS) is 11.1. The minimum Gasteiger partial charge on any atom is -0.484 e. The molecular formula is C17H16F3NO2. The highest BCUT2D eigenvalue weighted by molar-refractivity contribution is 5.91. The largest absolute Gasteiger partial charge is 0.484 e. The zero-order valence-electron chi connectivity index (χ0n) is 12.5. The van der Waals surface area contributed by atoms with E-state index in [0.29, 0.717) is 5.75 Å². The van der Waals surface area contributed by atoms with E-state index < -0.39 is 17.6 Å². The Labute approximate surface area is 132 Å². The molecule has 0 aromatic heterocycles. The lowest BCUT2D eigenvalue weighted by molar-refractivity contribution is -0.137. The number of amides is 1. The molecule has 0 spiro atoms. The molecule has 23 heavy (non-hydrogen) atoms. The zero-order valence-corrected chi connectivity index (χ0v) is 12.5. The molecule has 6 heteroatoms. The number of nitrogens with one attached hydrogen (secondary N) is 1. The molecule has 3 nitrogen and oxygen atoms in total. The molecule has 0 aliphatic carbocycles. The van der Waals surface area contributed by atoms with Gasteiger partial charge in [-0.25, -0.2) is 0 Å². The molecule has 0 aliphatic rings. The molecule has 0 saturated heterocycles. The fourth-order valence-electron chi connectivity index (χ4n) is 1.91. The quantitative estimate of drug-likeness (QED) is 0.891. The van der Waals surface area contributed by atoms with Gasteiger partial charge in [-0.2, -0.15) is 13.2 Å². The van der Waals surface area contributed by atoms with E-state index in [9.17, 15) is 18.0 Å². The van der Waals surface area contributed by atoms with Crippen LogP contribution in [0.2, 0.25) is 0 Å². The third-order valence-electron chi connectivity index (χ3n) is 3.20. The summed E-state index contributed by atoms with van der Waals surface area (Å²) in [5.41, 5.74) is 0.683. The summed E-state index contributed by atoms with van der Waals surface area (Å²) >= 11 is 0. The van der Waals surface area contributed by atoms with Crippen molar-refractivity contribution in [2.45, 2.75) is 19.5 Å². The Morgan fingerprint density at radius 2 is 1.65 bits per heavy atom. The first-order valence-corrected chi connectivity index (χ1v) is 7.07. The maximum Gasteiger partial charge on any atom is 0.416 e. The summed E-state index contributed by atoms with van der Waals surface area (Å²) in [7, 11) is 0. The number of halogens is 3. The van der Waals surface area contributed by atoms with Crippen LogP contribution in [0.4, 0.5) is 18.9 Å². The van der Waals surface area contributed by atoms with E-state index in [0.717, 1.165) is 24.1 Å². The van der Waals surface area contributed by atoms with E-state index in [1.54, 1.807) is 12.1 Å². The lowest BCUT2D eigenvalue weighted by Crippen LogP contribution is -2.20. The summed E-state index contributed by atoms with van der Waals surface area (Å²) in [5, 5.41) is 2.48. The van der Waals surface area contributed by atoms with E-state index >= 15 is 0 Å². The Morgan fingerprint density at radius 1 is 1.04 bits per heavy atom. The number of ether oxygens (including phenoxy) is 1. The average Bonchev–Trinajstić information content (AvgIpc) is 2.53. The molecule has 2 aromatic rings. The van der Waals surface area contributed by atoms with E-state index in [-0.39, 0.29) is 12.3 Å². The SMILES string of the molecule is CCc1ccc(OCC(=O)Nc2ccc(C(F)(F)F)cc2)cc1. The summed E-state index contributed by atoms with van der Waals surface area (Å²) in [6.45, 7) is 1.82. The third-order valence-corrected chi connectivity index (χ3v) is 3.20. The van der Waals surface area contributed by atoms with Crippen molar-refractivity contribution in [3.05, 3.63) is 59.7 Å². The fourth-order valence-corrected chi connectivity index (χ4v) is 1.91. The number of benzene rings is 2. The number of carbonyl (C=O) groups is 1. The van der Waals surface area contributed by atoms with Crippen molar-refractivity contribution < 1.29 is 22.7 Å². The molecule has 0 bridgehead atoms. The maximum atomic E-state index is 12.4. The van der Waals surface area contributed by atoms with Crippen molar-refractivity contribution >= 4 is 11.6 Å². The fraction of sp³-hybridized carbons (Fsp3) is 0.235. The van der Waals surface area contributed by atoms with Crippen LogP contribution in [0.3, 0.4) is 0 Å². The molecule has 2 rings (SSSR count). The van der Waals surface area contributed by atoms with Crippen LogP contribution in [0, 0.1) is 0 Å². The van der Waals surface area contributed by atoms with Gasteiger partial charge in [0, 0.05) is 5.69 Å². The van der Waals surface area contributed by atoms with Crippen LogP contribution in [0.5, 0.6) is 5.75 Å². The van der Waals surface area contributed by atoms with Crippen molar-refractivity contribution in [1.29, 1.82) is 0 Å². The summed E-state index contributed by atoms with van der Waals surface area (Å²) in [4.78, 5) is 11.7. The van der Waals surface area contributed by atoms with Gasteiger partial charge in [0.2, 0.25) is 0 Å². The van der Waals surface area contributed by atoms with Crippen molar-refractivity contribution in [2.24, 2.45) is 0 Å². The van der Waals surface area contributed by atoms with Gasteiger partial charge < -0.3 is 10.1 Å². The minimum absolute atomic E-state index is 0.216. The van der Waals surface area contributed by atoms with Gasteiger partial charge in [-0.15, -0.1) is 0 Å². The molecule has 0 saturated carbocycles. The van der Waals surface area contributed by atoms with Gasteiger partial charge in [0.05, 0.1) is 5.56 Å². The van der Waals surface area contributed by atoms with Gasteiger partial charge in [0.25, 0.3) is 5.91 Å². The first-order valence-electron chi connectivity index (χ1n) is 7.07. The predicted molar refractivity (Wildman–Crippen MR) is 81.4 cm³/mol. The van der Waals surface area contributed by atoms with Gasteiger partial charge in [-0.1, -0.05) is 19.1 Å². The lowest BCUT2D eigenvalue weighted by atomic mass is 10.2. The van der Waals surface area contributed by atoms with Crippen LogP contribution in [0.25, 0.3) is 0 Å². The number of hydrogen-bond acceptors (Lipinski definition) is 2. The third kappa shape index (κ3) is 5.02. The Balaban J connectivity index is 1.86. The number of aryl methyl sites for hydroxylation is 1. The lowest BCUT2D eigenvalue weighted by Gasteiger charge is -2.10. The molecule has 0 unspecified atom stereocenters. The standard InChI is InChI=1S/C17H16F3NO2/c1-2-12-3-9-15(10-4-12)23-11-16(22)21-14-7-5-13(6-8-14)17(18,19)20/h3-10H,2,11H2,1H3,(H,21,22). The Morgan fingerprint density at radius 3 is 2.17 bits per heavy atom. The minimum atomic E-state index is -4.39. The molecule has 0 heterocycles. The first kappa shape index (κ1) is 16.9. The van der Waals surface area contributed by atoms with Gasteiger partial charge in [-0.3, -0.25) is 4.79 Å². The molecule has 0 aliphatic heterocycles. The Hall–Kier alpha value is -2.50. The number of rotatable bonds is 5. The van der Waals surface area contributed by atoms with Crippen LogP contribution in [-0.2, 0) is 17.4 Å². The van der Waals surface area contributed by atoms with Gasteiger partial charge in [0.1, 0.15) is 5.75 Å². The second-order valence-corrected chi connectivity index (χ2v) is 4.91. The van der Waals surface area contributed by atoms with Crippen LogP contribution in [0.1, 0.15) is 18.1 Å². The monoisotopic (exact) mass is 323 g/mol. The molecule has 1 amide bonds. The molecule has 122 valence electrons. The Kier molecular flexibility index (Phi) is 5.26. The highest BCUT2D eigenvalue weighted by atomic mass is 19.4. The van der Waals surface area contributed by atoms with Crippen molar-refractivity contribution in [3.63, 3.8) is 0 Å². The second kappa shape index (κ2) is 7.17. The molecule has 0 radical (unpaired) electrons. The summed E-state index contributed by atoms with van der Waals surface area (Å²) in [5.74, 6) is 0.120. The summed E-state index contributed by atoms with van der Waals surface area (Å²) < 4.78 is 42.6. The van der Waals surface area contributed by atoms with E-state index in [1.165, 1.54) is 12.1 Å². The number of anilines is 1. The summed E-state index contributed by atoms with van der Waals surface area (Å²) in [6.07, 6.45) is -3.48. The molecular weight excluding hydrogens is 307 g/mol. The van der Waals surface area contributed by atoms with Crippen LogP contribution < -0.4 is 10.1 Å². The molecule has 1 N–H and O–H groups in total. The molecule has 0 atom stereocenters. The number of carbonyl (C=O) groups excluding carboxylic acids is 1. The van der Waals surface area contributed by atoms with E-state index in [1.807, 2.05) is 19.1 Å². The van der Waals surface area contributed by atoms with Crippen LogP contribution in [-0.4, -0.2) is 12.5 Å². The second-order valence-electron chi connectivity index (χ2n) is 4.91. The highest BCUT2D eigenvalue weighted by Crippen LogP contribution is 2.29. The molecule has 0 fully saturated rings. The van der Waals surface area contributed by atoms with Gasteiger partial charge >= 0.3 is 6.18 Å². The smallest absolute Gasteiger partial charge is 0.416 e. The van der Waals surface area contributed by atoms with E-state index in [2.05, 4.69) is 5.32 Å². The predicted octanol–water partition coefficient (Wildman–Crippen LogP) is 4.29. The number of hydrogen-bond donors (Lipinski definition) is 1. The molecule has 2 aromatic carbocycles.